The molecule has 0 bridgehead atoms. The topological polar surface area (TPSA) is 72.0 Å². The number of nitrogen functional groups attached to an aromatic ring is 1. The Bertz CT molecular complexity index is 715. The highest BCUT2D eigenvalue weighted by Gasteiger charge is 2.23. The van der Waals surface area contributed by atoms with Gasteiger partial charge in [0.15, 0.2) is 11.5 Å². The lowest BCUT2D eigenvalue weighted by atomic mass is 9.91. The van der Waals surface area contributed by atoms with Gasteiger partial charge in [-0.2, -0.15) is 4.63 Å². The molecular weight excluding hydrogens is 238 g/mol. The smallest absolute Gasteiger partial charge is 0.199 e. The molecule has 0 aliphatic rings. The molecule has 0 fully saturated rings. The van der Waals surface area contributed by atoms with E-state index >= 15 is 0 Å². The largest absolute Gasteiger partial charge is 0.394 e. The number of anilines is 1. The van der Waals surface area contributed by atoms with E-state index in [9.17, 15) is 0 Å². The van der Waals surface area contributed by atoms with E-state index in [2.05, 4.69) is 36.0 Å². The molecule has 98 valence electrons. The van der Waals surface area contributed by atoms with Gasteiger partial charge in [0.05, 0.1) is 5.69 Å². The number of benzene rings is 1. The number of nitrogens with two attached hydrogens (primary N) is 1. The number of aromatic nitrogens is 4. The molecule has 0 saturated carbocycles. The van der Waals surface area contributed by atoms with Gasteiger partial charge in [-0.1, -0.05) is 51.1 Å². The minimum Gasteiger partial charge on any atom is -0.394 e. The van der Waals surface area contributed by atoms with Crippen molar-refractivity contribution in [1.29, 1.82) is 0 Å². The van der Waals surface area contributed by atoms with Crippen LogP contribution in [-0.2, 0) is 5.41 Å². The van der Waals surface area contributed by atoms with Crippen molar-refractivity contribution in [2.24, 2.45) is 0 Å². The maximum Gasteiger partial charge on any atom is 0.199 e. The van der Waals surface area contributed by atoms with Crippen molar-refractivity contribution in [3.63, 3.8) is 0 Å². The SMILES string of the molecule is CC(C)(C)c1[nH]n2nc(-c3ccccc3)nc2c1N. The molecule has 0 aliphatic heterocycles. The molecule has 2 heterocycles. The third kappa shape index (κ3) is 1.87. The van der Waals surface area contributed by atoms with Crippen molar-refractivity contribution in [2.45, 2.75) is 26.2 Å². The fourth-order valence-corrected chi connectivity index (χ4v) is 2.12. The number of nitrogens with zero attached hydrogens (tertiary/aromatic N) is 3. The van der Waals surface area contributed by atoms with Gasteiger partial charge in [0.2, 0.25) is 0 Å². The van der Waals surface area contributed by atoms with E-state index in [1.165, 1.54) is 0 Å². The minimum atomic E-state index is -0.0562. The molecule has 5 heteroatoms. The normalized spacial score (nSPS) is 12.2. The monoisotopic (exact) mass is 255 g/mol. The highest BCUT2D eigenvalue weighted by Crippen LogP contribution is 2.29. The van der Waals surface area contributed by atoms with Crippen molar-refractivity contribution in [2.75, 3.05) is 5.73 Å². The molecule has 0 unspecified atom stereocenters. The average molecular weight is 255 g/mol. The van der Waals surface area contributed by atoms with Crippen molar-refractivity contribution in [1.82, 2.24) is 19.8 Å². The van der Waals surface area contributed by atoms with Gasteiger partial charge in [-0.25, -0.2) is 4.98 Å². The fraction of sp³-hybridized carbons (Fsp3) is 0.286. The first kappa shape index (κ1) is 11.8. The summed E-state index contributed by atoms with van der Waals surface area (Å²) < 4.78 is 1.65. The van der Waals surface area contributed by atoms with Gasteiger partial charge in [-0.3, -0.25) is 5.10 Å². The molecule has 1 aromatic carbocycles. The Kier molecular flexibility index (Phi) is 2.38. The van der Waals surface area contributed by atoms with Gasteiger partial charge in [0.25, 0.3) is 0 Å². The number of H-pyrrole nitrogens is 1. The first-order valence-electron chi connectivity index (χ1n) is 6.27. The second kappa shape index (κ2) is 3.85. The zero-order valence-electron chi connectivity index (χ0n) is 11.3. The molecule has 2 aromatic heterocycles. The van der Waals surface area contributed by atoms with E-state index in [0.717, 1.165) is 11.3 Å². The number of nitrogens with one attached hydrogen (secondary N) is 1. The quantitative estimate of drug-likeness (QED) is 0.702. The standard InChI is InChI=1S/C14H17N5/c1-14(2,3)11-10(15)13-16-12(18-19(13)17-11)9-7-5-4-6-8-9/h4-8,17H,15H2,1-3H3. The Balaban J connectivity index is 2.15. The van der Waals surface area contributed by atoms with Gasteiger partial charge < -0.3 is 5.73 Å². The molecular formula is C14H17N5. The first-order valence-corrected chi connectivity index (χ1v) is 6.27. The third-order valence-corrected chi connectivity index (χ3v) is 3.12. The fourth-order valence-electron chi connectivity index (χ4n) is 2.12. The maximum atomic E-state index is 6.16. The van der Waals surface area contributed by atoms with Crippen LogP contribution in [0.15, 0.2) is 30.3 Å². The lowest BCUT2D eigenvalue weighted by molar-refractivity contribution is 0.559. The molecule has 0 spiro atoms. The number of hydrogen-bond donors (Lipinski definition) is 2. The second-order valence-electron chi connectivity index (χ2n) is 5.69. The first-order chi connectivity index (χ1) is 8.97. The number of hydrogen-bond acceptors (Lipinski definition) is 3. The molecule has 0 amide bonds. The van der Waals surface area contributed by atoms with E-state index in [1.807, 2.05) is 30.3 Å². The summed E-state index contributed by atoms with van der Waals surface area (Å²) in [6.07, 6.45) is 0. The van der Waals surface area contributed by atoms with Crippen LogP contribution >= 0.6 is 0 Å². The highest BCUT2D eigenvalue weighted by atomic mass is 15.5. The maximum absolute atomic E-state index is 6.16. The molecule has 3 aromatic rings. The second-order valence-corrected chi connectivity index (χ2v) is 5.69. The summed E-state index contributed by atoms with van der Waals surface area (Å²) in [5.41, 5.74) is 9.40. The van der Waals surface area contributed by atoms with Crippen LogP contribution < -0.4 is 5.73 Å². The van der Waals surface area contributed by atoms with Crippen LogP contribution in [-0.4, -0.2) is 19.8 Å². The van der Waals surface area contributed by atoms with Crippen molar-refractivity contribution >= 4 is 11.3 Å². The van der Waals surface area contributed by atoms with Crippen LogP contribution in [0, 0.1) is 0 Å². The average Bonchev–Trinajstić information content (AvgIpc) is 2.90. The van der Waals surface area contributed by atoms with Crippen molar-refractivity contribution in [3.05, 3.63) is 36.0 Å². The summed E-state index contributed by atoms with van der Waals surface area (Å²) in [5.74, 6) is 0.680. The minimum absolute atomic E-state index is 0.0562. The van der Waals surface area contributed by atoms with Gasteiger partial charge in [0, 0.05) is 11.0 Å². The van der Waals surface area contributed by atoms with Crippen LogP contribution in [0.2, 0.25) is 0 Å². The summed E-state index contributed by atoms with van der Waals surface area (Å²) in [6.45, 7) is 6.31. The number of aromatic amines is 1. The van der Waals surface area contributed by atoms with E-state index in [1.54, 1.807) is 4.63 Å². The predicted molar refractivity (Wildman–Crippen MR) is 75.9 cm³/mol. The van der Waals surface area contributed by atoms with E-state index in [4.69, 9.17) is 5.73 Å². The van der Waals surface area contributed by atoms with Crippen molar-refractivity contribution in [3.8, 4) is 11.4 Å². The van der Waals surface area contributed by atoms with Crippen LogP contribution in [0.1, 0.15) is 26.5 Å². The Morgan fingerprint density at radius 2 is 1.84 bits per heavy atom. The molecule has 0 radical (unpaired) electrons. The van der Waals surface area contributed by atoms with Gasteiger partial charge in [0.1, 0.15) is 5.69 Å². The lowest BCUT2D eigenvalue weighted by Crippen LogP contribution is -2.14. The van der Waals surface area contributed by atoms with Crippen LogP contribution in [0.25, 0.3) is 17.0 Å². The van der Waals surface area contributed by atoms with Gasteiger partial charge >= 0.3 is 0 Å². The third-order valence-electron chi connectivity index (χ3n) is 3.12. The predicted octanol–water partition coefficient (Wildman–Crippen LogP) is 2.60. The Labute approximate surface area is 111 Å². The van der Waals surface area contributed by atoms with E-state index < -0.39 is 0 Å². The van der Waals surface area contributed by atoms with Gasteiger partial charge in [-0.15, -0.1) is 5.10 Å². The highest BCUT2D eigenvalue weighted by molar-refractivity contribution is 5.71. The van der Waals surface area contributed by atoms with E-state index in [-0.39, 0.29) is 5.41 Å². The van der Waals surface area contributed by atoms with Gasteiger partial charge in [-0.05, 0) is 0 Å². The number of rotatable bonds is 1. The lowest BCUT2D eigenvalue weighted by Gasteiger charge is -2.16. The summed E-state index contributed by atoms with van der Waals surface area (Å²) in [4.78, 5) is 4.51. The Hall–Kier alpha value is -2.30. The van der Waals surface area contributed by atoms with Crippen molar-refractivity contribution < 1.29 is 0 Å². The molecule has 19 heavy (non-hydrogen) atoms. The summed E-state index contributed by atoms with van der Waals surface area (Å²) in [6, 6.07) is 9.87. The zero-order chi connectivity index (χ0) is 13.6. The van der Waals surface area contributed by atoms with E-state index in [0.29, 0.717) is 17.2 Å². The van der Waals surface area contributed by atoms with Crippen LogP contribution in [0.4, 0.5) is 5.69 Å². The Morgan fingerprint density at radius 1 is 1.16 bits per heavy atom. The molecule has 5 nitrogen and oxygen atoms in total. The number of fused-ring (bicyclic) bond motifs is 1. The summed E-state index contributed by atoms with van der Waals surface area (Å²) in [7, 11) is 0. The molecule has 0 aliphatic carbocycles. The molecule has 0 saturated heterocycles. The Morgan fingerprint density at radius 3 is 2.42 bits per heavy atom. The van der Waals surface area contributed by atoms with Crippen LogP contribution in [0.5, 0.6) is 0 Å². The van der Waals surface area contributed by atoms with Crippen LogP contribution in [0.3, 0.4) is 0 Å². The molecule has 3 rings (SSSR count). The zero-order valence-corrected chi connectivity index (χ0v) is 11.3. The molecule has 0 atom stereocenters. The molecule has 3 N–H and O–H groups in total. The summed E-state index contributed by atoms with van der Waals surface area (Å²) in [5, 5.41) is 7.66. The summed E-state index contributed by atoms with van der Waals surface area (Å²) >= 11 is 0.